The fourth-order valence-corrected chi connectivity index (χ4v) is 0. The first-order valence-electron chi connectivity index (χ1n) is 0. The first-order chi connectivity index (χ1) is 0. The normalized spacial score (nSPS) is 0. The Balaban J connectivity index is 0. The first kappa shape index (κ1) is 49.8. The zero-order valence-corrected chi connectivity index (χ0v) is 7.12. The molecule has 0 aliphatic carbocycles. The second-order valence-corrected chi connectivity index (χ2v) is 0. The fraction of sp³-hybridized carbons (Fsp3) is 0. The van der Waals surface area contributed by atoms with E-state index < -0.39 is 0 Å². The Morgan fingerprint density at radius 3 is 0.750 bits per heavy atom. The van der Waals surface area contributed by atoms with Gasteiger partial charge in [-0.25, -0.2) is 0 Å². The minimum Gasteiger partial charge on any atom is -2.00 e. The molecule has 0 aliphatic heterocycles. The van der Waals surface area contributed by atoms with Crippen LogP contribution < -0.4 is 0 Å². The molecule has 4 heavy (non-hydrogen) atoms. The van der Waals surface area contributed by atoms with Gasteiger partial charge in [0, 0.05) is 21.1 Å². The molecule has 0 saturated heterocycles. The summed E-state index contributed by atoms with van der Waals surface area (Å²) in [7, 11) is 0. The molecule has 0 atom stereocenters. The van der Waals surface area contributed by atoms with E-state index in [0.717, 1.165) is 0 Å². The van der Waals surface area contributed by atoms with Gasteiger partial charge in [-0.05, 0) is 0 Å². The SMILES string of the molecule is [O-2].[O-2].[W].[Zr+4]. The Morgan fingerprint density at radius 2 is 0.750 bits per heavy atom. The molecule has 0 N–H and O–H groups in total. The van der Waals surface area contributed by atoms with Crippen LogP contribution in [0.3, 0.4) is 0 Å². The minimum atomic E-state index is 0. The van der Waals surface area contributed by atoms with Crippen LogP contribution in [-0.2, 0) is 58.2 Å². The summed E-state index contributed by atoms with van der Waals surface area (Å²) in [5.74, 6) is 0. The van der Waals surface area contributed by atoms with Crippen LogP contribution in [0.15, 0.2) is 0 Å². The molecule has 0 bridgehead atoms. The molecule has 0 aromatic rings. The monoisotopic (exact) mass is 306 g/mol. The standard InChI is InChI=1S/2O.W.Zr/q2*-2;;+4. The molecule has 0 saturated carbocycles. The van der Waals surface area contributed by atoms with Gasteiger partial charge in [-0.1, -0.05) is 0 Å². The second kappa shape index (κ2) is 24.6. The van der Waals surface area contributed by atoms with Gasteiger partial charge in [-0.15, -0.1) is 0 Å². The predicted molar refractivity (Wildman–Crippen MR) is 1.37 cm³/mol. The van der Waals surface area contributed by atoms with Gasteiger partial charge >= 0.3 is 26.2 Å². The van der Waals surface area contributed by atoms with Gasteiger partial charge in [0.15, 0.2) is 0 Å². The van der Waals surface area contributed by atoms with Crippen molar-refractivity contribution in [1.29, 1.82) is 0 Å². The minimum absolute atomic E-state index is 0. The van der Waals surface area contributed by atoms with Crippen LogP contribution in [0.25, 0.3) is 0 Å². The van der Waals surface area contributed by atoms with Gasteiger partial charge < -0.3 is 11.0 Å². The fourth-order valence-electron chi connectivity index (χ4n) is 0. The molecule has 4 heteroatoms. The van der Waals surface area contributed by atoms with E-state index in [-0.39, 0.29) is 58.2 Å². The van der Waals surface area contributed by atoms with E-state index in [1.807, 2.05) is 0 Å². The van der Waals surface area contributed by atoms with Crippen molar-refractivity contribution >= 4 is 0 Å². The Labute approximate surface area is 58.0 Å². The zero-order valence-electron chi connectivity index (χ0n) is 1.72. The molecular weight excluding hydrogens is 307 g/mol. The number of rotatable bonds is 0. The van der Waals surface area contributed by atoms with Crippen molar-refractivity contribution in [2.24, 2.45) is 0 Å². The third-order valence-electron chi connectivity index (χ3n) is 0. The van der Waals surface area contributed by atoms with E-state index in [4.69, 9.17) is 0 Å². The van der Waals surface area contributed by atoms with E-state index in [9.17, 15) is 0 Å². The van der Waals surface area contributed by atoms with Gasteiger partial charge in [0.2, 0.25) is 0 Å². The van der Waals surface area contributed by atoms with Crippen LogP contribution in [0, 0.1) is 0 Å². The Morgan fingerprint density at radius 1 is 0.750 bits per heavy atom. The second-order valence-electron chi connectivity index (χ2n) is 0. The Hall–Kier alpha value is 1.49. The van der Waals surface area contributed by atoms with Crippen LogP contribution in [0.5, 0.6) is 0 Å². The molecule has 0 aliphatic rings. The van der Waals surface area contributed by atoms with E-state index in [1.54, 1.807) is 0 Å². The smallest absolute Gasteiger partial charge is 2.00 e. The van der Waals surface area contributed by atoms with Crippen LogP contribution in [-0.4, -0.2) is 0 Å². The molecular formula is O2WZr. The third-order valence-corrected chi connectivity index (χ3v) is 0. The molecule has 0 fully saturated rings. The maximum atomic E-state index is 0. The topological polar surface area (TPSA) is 57.0 Å². The Bertz CT molecular complexity index is 6.00. The molecule has 0 heterocycles. The van der Waals surface area contributed by atoms with Crippen LogP contribution in [0.4, 0.5) is 0 Å². The summed E-state index contributed by atoms with van der Waals surface area (Å²) < 4.78 is 0. The van der Waals surface area contributed by atoms with Crippen LogP contribution in [0.1, 0.15) is 0 Å². The average molecular weight is 307 g/mol. The molecule has 0 amide bonds. The van der Waals surface area contributed by atoms with Crippen molar-refractivity contribution in [3.63, 3.8) is 0 Å². The molecule has 2 nitrogen and oxygen atoms in total. The van der Waals surface area contributed by atoms with E-state index in [0.29, 0.717) is 0 Å². The summed E-state index contributed by atoms with van der Waals surface area (Å²) in [5, 5.41) is 0. The van der Waals surface area contributed by atoms with Crippen molar-refractivity contribution in [1.82, 2.24) is 0 Å². The molecule has 0 unspecified atom stereocenters. The van der Waals surface area contributed by atoms with Crippen LogP contribution in [0.2, 0.25) is 0 Å². The molecule has 0 aromatic carbocycles. The zero-order chi connectivity index (χ0) is 0. The van der Waals surface area contributed by atoms with Gasteiger partial charge in [0.1, 0.15) is 0 Å². The van der Waals surface area contributed by atoms with Crippen molar-refractivity contribution in [2.75, 3.05) is 0 Å². The van der Waals surface area contributed by atoms with Gasteiger partial charge in [0.05, 0.1) is 0 Å². The van der Waals surface area contributed by atoms with Crippen molar-refractivity contribution in [2.45, 2.75) is 0 Å². The van der Waals surface area contributed by atoms with Crippen molar-refractivity contribution in [3.8, 4) is 0 Å². The Kier molecular flexibility index (Phi) is 306. The summed E-state index contributed by atoms with van der Waals surface area (Å²) in [6.45, 7) is 0. The van der Waals surface area contributed by atoms with Crippen molar-refractivity contribution < 1.29 is 58.2 Å². The molecule has 0 radical (unpaired) electrons. The predicted octanol–water partition coefficient (Wildman–Crippen LogP) is -0.243. The molecule has 0 aromatic heterocycles. The quantitative estimate of drug-likeness (QED) is 0.593. The summed E-state index contributed by atoms with van der Waals surface area (Å²) in [6.07, 6.45) is 0. The molecule has 0 spiro atoms. The van der Waals surface area contributed by atoms with E-state index in [1.165, 1.54) is 0 Å². The largest absolute Gasteiger partial charge is 4.00 e. The number of hydrogen-bond donors (Lipinski definition) is 0. The summed E-state index contributed by atoms with van der Waals surface area (Å²) in [5.41, 5.74) is 0. The van der Waals surface area contributed by atoms with Gasteiger partial charge in [0.25, 0.3) is 0 Å². The maximum Gasteiger partial charge on any atom is 4.00 e. The average Bonchev–Trinajstić information content (AvgIpc) is 0. The maximum absolute atomic E-state index is 0. The van der Waals surface area contributed by atoms with E-state index >= 15 is 0 Å². The first-order valence-corrected chi connectivity index (χ1v) is 0. The third kappa shape index (κ3) is 9.74. The van der Waals surface area contributed by atoms with Gasteiger partial charge in [-0.3, -0.25) is 0 Å². The summed E-state index contributed by atoms with van der Waals surface area (Å²) in [6, 6.07) is 0. The summed E-state index contributed by atoms with van der Waals surface area (Å²) >= 11 is 0. The molecule has 0 rings (SSSR count). The van der Waals surface area contributed by atoms with Gasteiger partial charge in [-0.2, -0.15) is 0 Å². The molecule has 22 valence electrons. The summed E-state index contributed by atoms with van der Waals surface area (Å²) in [4.78, 5) is 0. The van der Waals surface area contributed by atoms with Crippen LogP contribution >= 0.6 is 0 Å². The number of hydrogen-bond acceptors (Lipinski definition) is 0. The van der Waals surface area contributed by atoms with E-state index in [2.05, 4.69) is 0 Å². The van der Waals surface area contributed by atoms with Crippen molar-refractivity contribution in [3.05, 3.63) is 0 Å².